The predicted molar refractivity (Wildman–Crippen MR) is 56.8 cm³/mol. The lowest BCUT2D eigenvalue weighted by atomic mass is 10.2. The Kier molecular flexibility index (Phi) is 3.60. The standard InChI is InChI=1S/C10H15N3O2/c1-4-8(9(14)15)13-10-11-6(2)5-7(3)12-10/h5,8H,4H2,1-3H3,(H,14,15)(H,11,12,13)/t8-/m1/s1. The van der Waals surface area contributed by atoms with Gasteiger partial charge in [-0.15, -0.1) is 0 Å². The Morgan fingerprint density at radius 2 is 2.00 bits per heavy atom. The Balaban J connectivity index is 2.83. The first kappa shape index (κ1) is 11.4. The first-order valence-corrected chi connectivity index (χ1v) is 4.84. The summed E-state index contributed by atoms with van der Waals surface area (Å²) in [6.45, 7) is 5.50. The van der Waals surface area contributed by atoms with Crippen molar-refractivity contribution < 1.29 is 9.90 Å². The van der Waals surface area contributed by atoms with Crippen LogP contribution in [-0.4, -0.2) is 27.1 Å². The Bertz CT molecular complexity index is 345. The number of carboxylic acid groups (broad SMARTS) is 1. The summed E-state index contributed by atoms with van der Waals surface area (Å²) < 4.78 is 0. The minimum absolute atomic E-state index is 0.377. The minimum Gasteiger partial charge on any atom is -0.480 e. The lowest BCUT2D eigenvalue weighted by Crippen LogP contribution is -2.29. The van der Waals surface area contributed by atoms with Crippen molar-refractivity contribution in [2.45, 2.75) is 33.2 Å². The van der Waals surface area contributed by atoms with Crippen LogP contribution in [-0.2, 0) is 4.79 Å². The van der Waals surface area contributed by atoms with Gasteiger partial charge in [0.15, 0.2) is 0 Å². The zero-order chi connectivity index (χ0) is 11.4. The molecule has 1 aromatic rings. The van der Waals surface area contributed by atoms with Crippen LogP contribution in [0, 0.1) is 13.8 Å². The molecule has 1 atom stereocenters. The molecule has 0 saturated heterocycles. The van der Waals surface area contributed by atoms with E-state index in [0.717, 1.165) is 11.4 Å². The van der Waals surface area contributed by atoms with Gasteiger partial charge in [-0.05, 0) is 26.3 Å². The van der Waals surface area contributed by atoms with Crippen molar-refractivity contribution in [2.24, 2.45) is 0 Å². The number of hydrogen-bond donors (Lipinski definition) is 2. The summed E-state index contributed by atoms with van der Waals surface area (Å²) >= 11 is 0. The van der Waals surface area contributed by atoms with Gasteiger partial charge in [0.25, 0.3) is 0 Å². The third-order valence-electron chi connectivity index (χ3n) is 1.99. The van der Waals surface area contributed by atoms with Crippen LogP contribution in [0.4, 0.5) is 5.95 Å². The molecule has 1 aromatic heterocycles. The molecule has 1 rings (SSSR count). The number of rotatable bonds is 4. The van der Waals surface area contributed by atoms with Gasteiger partial charge in [0.2, 0.25) is 5.95 Å². The predicted octanol–water partition coefficient (Wildman–Crippen LogP) is 1.37. The lowest BCUT2D eigenvalue weighted by molar-refractivity contribution is -0.138. The Labute approximate surface area is 88.6 Å². The fraction of sp³-hybridized carbons (Fsp3) is 0.500. The summed E-state index contributed by atoms with van der Waals surface area (Å²) in [6, 6.07) is 1.21. The molecule has 1 heterocycles. The van der Waals surface area contributed by atoms with Crippen LogP contribution < -0.4 is 5.32 Å². The van der Waals surface area contributed by atoms with Gasteiger partial charge < -0.3 is 10.4 Å². The topological polar surface area (TPSA) is 75.1 Å². The van der Waals surface area contributed by atoms with Crippen LogP contribution in [0.5, 0.6) is 0 Å². The molecule has 0 aromatic carbocycles. The quantitative estimate of drug-likeness (QED) is 0.783. The van der Waals surface area contributed by atoms with Crippen molar-refractivity contribution in [1.82, 2.24) is 9.97 Å². The summed E-state index contributed by atoms with van der Waals surface area (Å²) in [4.78, 5) is 19.0. The summed E-state index contributed by atoms with van der Waals surface area (Å²) in [5.41, 5.74) is 1.65. The van der Waals surface area contributed by atoms with Crippen LogP contribution >= 0.6 is 0 Å². The molecule has 5 nitrogen and oxygen atoms in total. The highest BCUT2D eigenvalue weighted by molar-refractivity contribution is 5.76. The van der Waals surface area contributed by atoms with E-state index < -0.39 is 12.0 Å². The molecule has 82 valence electrons. The van der Waals surface area contributed by atoms with E-state index in [-0.39, 0.29) is 0 Å². The van der Waals surface area contributed by atoms with Crippen molar-refractivity contribution in [3.8, 4) is 0 Å². The zero-order valence-corrected chi connectivity index (χ0v) is 9.11. The Morgan fingerprint density at radius 3 is 2.40 bits per heavy atom. The SMILES string of the molecule is CC[C@@H](Nc1nc(C)cc(C)n1)C(=O)O. The summed E-state index contributed by atoms with van der Waals surface area (Å²) in [6.07, 6.45) is 0.492. The monoisotopic (exact) mass is 209 g/mol. The zero-order valence-electron chi connectivity index (χ0n) is 9.11. The second-order valence-corrected chi connectivity index (χ2v) is 3.42. The van der Waals surface area contributed by atoms with Crippen LogP contribution in [0.25, 0.3) is 0 Å². The van der Waals surface area contributed by atoms with Gasteiger partial charge >= 0.3 is 5.97 Å². The Hall–Kier alpha value is -1.65. The average molecular weight is 209 g/mol. The Morgan fingerprint density at radius 1 is 1.47 bits per heavy atom. The number of nitrogens with zero attached hydrogens (tertiary/aromatic N) is 2. The second kappa shape index (κ2) is 4.72. The molecule has 0 fully saturated rings. The molecule has 0 aliphatic heterocycles. The van der Waals surface area contributed by atoms with E-state index in [1.165, 1.54) is 0 Å². The molecular formula is C10H15N3O2. The van der Waals surface area contributed by atoms with Crippen LogP contribution in [0.3, 0.4) is 0 Å². The average Bonchev–Trinajstić information content (AvgIpc) is 2.12. The molecule has 0 spiro atoms. The number of carbonyl (C=O) groups is 1. The molecule has 0 saturated carbocycles. The molecule has 0 radical (unpaired) electrons. The minimum atomic E-state index is -0.889. The van der Waals surface area contributed by atoms with E-state index in [1.54, 1.807) is 6.92 Å². The van der Waals surface area contributed by atoms with Gasteiger partial charge in [-0.1, -0.05) is 6.92 Å². The summed E-state index contributed by atoms with van der Waals surface area (Å²) in [5.74, 6) is -0.512. The number of hydrogen-bond acceptors (Lipinski definition) is 4. The molecule has 15 heavy (non-hydrogen) atoms. The highest BCUT2D eigenvalue weighted by Crippen LogP contribution is 2.06. The highest BCUT2D eigenvalue weighted by Gasteiger charge is 2.15. The number of aromatic nitrogens is 2. The third kappa shape index (κ3) is 3.19. The first-order chi connectivity index (χ1) is 7.02. The first-order valence-electron chi connectivity index (χ1n) is 4.84. The van der Waals surface area contributed by atoms with E-state index in [4.69, 9.17) is 5.11 Å². The summed E-state index contributed by atoms with van der Waals surface area (Å²) in [7, 11) is 0. The molecule has 5 heteroatoms. The van der Waals surface area contributed by atoms with Crippen molar-refractivity contribution in [2.75, 3.05) is 5.32 Å². The van der Waals surface area contributed by atoms with Gasteiger partial charge in [0.1, 0.15) is 6.04 Å². The molecule has 0 bridgehead atoms. The molecular weight excluding hydrogens is 194 g/mol. The maximum Gasteiger partial charge on any atom is 0.326 e. The molecule has 0 amide bonds. The van der Waals surface area contributed by atoms with E-state index in [2.05, 4.69) is 15.3 Å². The normalized spacial score (nSPS) is 12.2. The van der Waals surface area contributed by atoms with Crippen molar-refractivity contribution in [3.05, 3.63) is 17.5 Å². The second-order valence-electron chi connectivity index (χ2n) is 3.42. The highest BCUT2D eigenvalue weighted by atomic mass is 16.4. The molecule has 0 aliphatic carbocycles. The molecule has 0 unspecified atom stereocenters. The van der Waals surface area contributed by atoms with E-state index in [9.17, 15) is 4.79 Å². The smallest absolute Gasteiger partial charge is 0.326 e. The number of aryl methyl sites for hydroxylation is 2. The van der Waals surface area contributed by atoms with Crippen molar-refractivity contribution >= 4 is 11.9 Å². The van der Waals surface area contributed by atoms with E-state index >= 15 is 0 Å². The largest absolute Gasteiger partial charge is 0.480 e. The lowest BCUT2D eigenvalue weighted by Gasteiger charge is -2.12. The number of aliphatic carboxylic acids is 1. The fourth-order valence-electron chi connectivity index (χ4n) is 1.28. The number of nitrogens with one attached hydrogen (secondary N) is 1. The van der Waals surface area contributed by atoms with Gasteiger partial charge in [-0.3, -0.25) is 0 Å². The number of carboxylic acids is 1. The fourth-order valence-corrected chi connectivity index (χ4v) is 1.28. The van der Waals surface area contributed by atoms with Gasteiger partial charge in [-0.25, -0.2) is 14.8 Å². The maximum absolute atomic E-state index is 10.8. The van der Waals surface area contributed by atoms with E-state index in [1.807, 2.05) is 19.9 Å². The van der Waals surface area contributed by atoms with Gasteiger partial charge in [0, 0.05) is 11.4 Å². The third-order valence-corrected chi connectivity index (χ3v) is 1.99. The van der Waals surface area contributed by atoms with Crippen molar-refractivity contribution in [3.63, 3.8) is 0 Å². The summed E-state index contributed by atoms with van der Waals surface area (Å²) in [5, 5.41) is 11.6. The molecule has 0 aliphatic rings. The molecule has 2 N–H and O–H groups in total. The van der Waals surface area contributed by atoms with E-state index in [0.29, 0.717) is 12.4 Å². The van der Waals surface area contributed by atoms with Crippen LogP contribution in [0.2, 0.25) is 0 Å². The van der Waals surface area contributed by atoms with Crippen LogP contribution in [0.1, 0.15) is 24.7 Å². The van der Waals surface area contributed by atoms with Crippen LogP contribution in [0.15, 0.2) is 6.07 Å². The van der Waals surface area contributed by atoms with Gasteiger partial charge in [-0.2, -0.15) is 0 Å². The van der Waals surface area contributed by atoms with Crippen molar-refractivity contribution in [1.29, 1.82) is 0 Å². The maximum atomic E-state index is 10.8. The number of anilines is 1. The van der Waals surface area contributed by atoms with Gasteiger partial charge in [0.05, 0.1) is 0 Å².